The Morgan fingerprint density at radius 3 is 2.54 bits per heavy atom. The van der Waals surface area contributed by atoms with Crippen molar-refractivity contribution < 1.29 is 14.3 Å². The van der Waals surface area contributed by atoms with Crippen LogP contribution in [0, 0.1) is 6.92 Å². The van der Waals surface area contributed by atoms with Crippen LogP contribution in [-0.2, 0) is 29.4 Å². The number of nitrogens with zero attached hydrogens (tertiary/aromatic N) is 3. The molecule has 178 valence electrons. The second-order valence-corrected chi connectivity index (χ2v) is 8.70. The van der Waals surface area contributed by atoms with Crippen LogP contribution >= 0.6 is 0 Å². The third-order valence-corrected chi connectivity index (χ3v) is 6.53. The number of ether oxygens (including phenoxy) is 1. The number of aryl methyl sites for hydroxylation is 1. The van der Waals surface area contributed by atoms with Crippen molar-refractivity contribution in [1.29, 1.82) is 0 Å². The predicted molar refractivity (Wildman–Crippen MR) is 133 cm³/mol. The number of carbonyl (C=O) groups is 2. The van der Waals surface area contributed by atoms with Gasteiger partial charge in [-0.15, -0.1) is 0 Å². The number of fused-ring (bicyclic) bond motifs is 2. The van der Waals surface area contributed by atoms with E-state index in [9.17, 15) is 14.4 Å². The molecule has 1 aliphatic carbocycles. The highest BCUT2D eigenvalue weighted by Gasteiger charge is 2.25. The summed E-state index contributed by atoms with van der Waals surface area (Å²) >= 11 is 0. The van der Waals surface area contributed by atoms with Crippen LogP contribution in [-0.4, -0.2) is 32.8 Å². The van der Waals surface area contributed by atoms with Gasteiger partial charge in [-0.2, -0.15) is 0 Å². The van der Waals surface area contributed by atoms with Crippen LogP contribution in [0.5, 0.6) is 0 Å². The van der Waals surface area contributed by atoms with E-state index in [1.165, 1.54) is 4.68 Å². The number of pyridine rings is 1. The molecule has 0 saturated carbocycles. The van der Waals surface area contributed by atoms with E-state index in [1.807, 2.05) is 54.6 Å². The quantitative estimate of drug-likeness (QED) is 0.449. The van der Waals surface area contributed by atoms with E-state index in [1.54, 1.807) is 18.7 Å². The molecule has 0 spiro atoms. The van der Waals surface area contributed by atoms with E-state index in [2.05, 4.69) is 5.32 Å². The minimum absolute atomic E-state index is 0.157. The minimum Gasteiger partial charge on any atom is -0.452 e. The average Bonchev–Trinajstić information content (AvgIpc) is 3.09. The van der Waals surface area contributed by atoms with Crippen molar-refractivity contribution in [2.75, 3.05) is 11.9 Å². The van der Waals surface area contributed by atoms with Crippen LogP contribution in [0.25, 0.3) is 16.6 Å². The van der Waals surface area contributed by atoms with Crippen LogP contribution < -0.4 is 10.9 Å². The summed E-state index contributed by atoms with van der Waals surface area (Å²) in [5.41, 5.74) is 4.13. The summed E-state index contributed by atoms with van der Waals surface area (Å²) in [6.45, 7) is 1.25. The standard InChI is InChI=1S/C27H26N4O4/c1-17-25(26(33)31(30(17)2)18-10-4-3-5-11-18)29-23(32)16-35-27(34)24-19-12-6-8-14-21(19)28-22-15-9-7-13-20(22)24/h3-6,8,10-12,14H,7,9,13,15-16H2,1-2H3,(H,29,32). The fourth-order valence-corrected chi connectivity index (χ4v) is 4.70. The first kappa shape index (κ1) is 22.6. The fourth-order valence-electron chi connectivity index (χ4n) is 4.70. The molecule has 5 rings (SSSR count). The van der Waals surface area contributed by atoms with Gasteiger partial charge in [0.25, 0.3) is 11.5 Å². The summed E-state index contributed by atoms with van der Waals surface area (Å²) in [5.74, 6) is -1.13. The highest BCUT2D eigenvalue weighted by atomic mass is 16.5. The number of nitrogens with one attached hydrogen (secondary N) is 1. The summed E-state index contributed by atoms with van der Waals surface area (Å²) in [5, 5.41) is 3.36. The molecule has 0 radical (unpaired) electrons. The molecule has 2 heterocycles. The van der Waals surface area contributed by atoms with Crippen molar-refractivity contribution >= 4 is 28.5 Å². The SMILES string of the molecule is Cc1c(NC(=O)COC(=O)c2c3c(nc4ccccc24)CCCC3)c(=O)n(-c2ccccc2)n1C. The lowest BCUT2D eigenvalue weighted by Crippen LogP contribution is -2.26. The van der Waals surface area contributed by atoms with E-state index >= 15 is 0 Å². The maximum absolute atomic E-state index is 13.2. The first-order valence-electron chi connectivity index (χ1n) is 11.7. The molecule has 1 amide bonds. The first-order chi connectivity index (χ1) is 17.0. The van der Waals surface area contributed by atoms with Gasteiger partial charge in [0.05, 0.1) is 22.5 Å². The third-order valence-electron chi connectivity index (χ3n) is 6.53. The van der Waals surface area contributed by atoms with Gasteiger partial charge in [-0.1, -0.05) is 36.4 Å². The van der Waals surface area contributed by atoms with Crippen LogP contribution in [0.2, 0.25) is 0 Å². The average molecular weight is 471 g/mol. The maximum atomic E-state index is 13.2. The van der Waals surface area contributed by atoms with Gasteiger partial charge in [-0.3, -0.25) is 19.3 Å². The smallest absolute Gasteiger partial charge is 0.339 e. The topological polar surface area (TPSA) is 95.2 Å². The summed E-state index contributed by atoms with van der Waals surface area (Å²) in [6, 6.07) is 16.6. The van der Waals surface area contributed by atoms with Gasteiger partial charge in [0.15, 0.2) is 6.61 Å². The highest BCUT2D eigenvalue weighted by Crippen LogP contribution is 2.29. The fraction of sp³-hybridized carbons (Fsp3) is 0.259. The Hall–Kier alpha value is -4.20. The molecule has 8 nitrogen and oxygen atoms in total. The Morgan fingerprint density at radius 1 is 1.03 bits per heavy atom. The van der Waals surface area contributed by atoms with Crippen molar-refractivity contribution in [3.63, 3.8) is 0 Å². The summed E-state index contributed by atoms with van der Waals surface area (Å²) in [6.07, 6.45) is 3.59. The van der Waals surface area contributed by atoms with E-state index in [4.69, 9.17) is 9.72 Å². The number of anilines is 1. The molecule has 0 bridgehead atoms. The van der Waals surface area contributed by atoms with Crippen molar-refractivity contribution in [2.24, 2.45) is 7.05 Å². The van der Waals surface area contributed by atoms with E-state index < -0.39 is 18.5 Å². The lowest BCUT2D eigenvalue weighted by molar-refractivity contribution is -0.119. The number of aromatic nitrogens is 3. The molecular formula is C27H26N4O4. The van der Waals surface area contributed by atoms with Crippen LogP contribution in [0.15, 0.2) is 59.4 Å². The molecule has 8 heteroatoms. The van der Waals surface area contributed by atoms with Crippen LogP contribution in [0.3, 0.4) is 0 Å². The molecule has 4 aromatic rings. The molecular weight excluding hydrogens is 444 g/mol. The normalized spacial score (nSPS) is 12.9. The van der Waals surface area contributed by atoms with Gasteiger partial charge in [0.1, 0.15) is 5.69 Å². The lowest BCUT2D eigenvalue weighted by Gasteiger charge is -2.19. The molecule has 0 aliphatic heterocycles. The van der Waals surface area contributed by atoms with Crippen LogP contribution in [0.4, 0.5) is 5.69 Å². The zero-order valence-electron chi connectivity index (χ0n) is 19.7. The summed E-state index contributed by atoms with van der Waals surface area (Å²) in [7, 11) is 1.75. The van der Waals surface area contributed by atoms with Gasteiger partial charge >= 0.3 is 5.97 Å². The summed E-state index contributed by atoms with van der Waals surface area (Å²) < 4.78 is 8.60. The Morgan fingerprint density at radius 2 is 1.74 bits per heavy atom. The van der Waals surface area contributed by atoms with E-state index in [0.717, 1.165) is 47.8 Å². The molecule has 1 N–H and O–H groups in total. The molecule has 35 heavy (non-hydrogen) atoms. The van der Waals surface area contributed by atoms with Gasteiger partial charge in [0, 0.05) is 18.1 Å². The number of rotatable bonds is 5. The Balaban J connectivity index is 1.37. The molecule has 0 saturated heterocycles. The van der Waals surface area contributed by atoms with Crippen molar-refractivity contribution in [1.82, 2.24) is 14.3 Å². The minimum atomic E-state index is -0.573. The predicted octanol–water partition coefficient (Wildman–Crippen LogP) is 3.71. The van der Waals surface area contributed by atoms with Gasteiger partial charge < -0.3 is 10.1 Å². The largest absolute Gasteiger partial charge is 0.452 e. The number of amides is 1. The molecule has 1 aliphatic rings. The second kappa shape index (κ2) is 9.21. The number of benzene rings is 2. The maximum Gasteiger partial charge on any atom is 0.339 e. The summed E-state index contributed by atoms with van der Waals surface area (Å²) in [4.78, 5) is 43.6. The van der Waals surface area contributed by atoms with Gasteiger partial charge in [0.2, 0.25) is 0 Å². The lowest BCUT2D eigenvalue weighted by atomic mass is 9.90. The number of hydrogen-bond acceptors (Lipinski definition) is 5. The molecule has 0 fully saturated rings. The molecule has 0 atom stereocenters. The number of para-hydroxylation sites is 2. The first-order valence-corrected chi connectivity index (χ1v) is 11.7. The second-order valence-electron chi connectivity index (χ2n) is 8.70. The zero-order chi connectivity index (χ0) is 24.5. The zero-order valence-corrected chi connectivity index (χ0v) is 19.7. The van der Waals surface area contributed by atoms with E-state index in [0.29, 0.717) is 16.9 Å². The van der Waals surface area contributed by atoms with Crippen molar-refractivity contribution in [2.45, 2.75) is 32.6 Å². The van der Waals surface area contributed by atoms with E-state index in [-0.39, 0.29) is 11.2 Å². The third kappa shape index (κ3) is 4.12. The Labute approximate surface area is 202 Å². The Bertz CT molecular complexity index is 1500. The molecule has 0 unspecified atom stereocenters. The van der Waals surface area contributed by atoms with Gasteiger partial charge in [-0.05, 0) is 56.4 Å². The number of esters is 1. The van der Waals surface area contributed by atoms with Crippen molar-refractivity contribution in [3.05, 3.63) is 87.5 Å². The number of carbonyl (C=O) groups excluding carboxylic acids is 2. The number of hydrogen-bond donors (Lipinski definition) is 1. The van der Waals surface area contributed by atoms with Crippen molar-refractivity contribution in [3.8, 4) is 5.69 Å². The van der Waals surface area contributed by atoms with Crippen LogP contribution in [0.1, 0.15) is 40.2 Å². The monoisotopic (exact) mass is 470 g/mol. The highest BCUT2D eigenvalue weighted by molar-refractivity contribution is 6.06. The molecule has 2 aromatic heterocycles. The van der Waals surface area contributed by atoms with Gasteiger partial charge in [-0.25, -0.2) is 9.48 Å². The Kier molecular flexibility index (Phi) is 5.94. The molecule has 2 aromatic carbocycles.